The minimum absolute atomic E-state index is 0. The van der Waals surface area contributed by atoms with Gasteiger partial charge < -0.3 is 15.4 Å². The Morgan fingerprint density at radius 2 is 1.88 bits per heavy atom. The minimum Gasteiger partial charge on any atom is -0.466 e. The maximum atomic E-state index is 14.4. The quantitative estimate of drug-likeness (QED) is 0.323. The van der Waals surface area contributed by atoms with E-state index < -0.39 is 40.9 Å². The largest absolute Gasteiger partial charge is 0.466 e. The van der Waals surface area contributed by atoms with E-state index in [-0.39, 0.29) is 48.4 Å². The lowest BCUT2D eigenvalue weighted by molar-refractivity contribution is -0.141. The number of nitrogens with zero attached hydrogens (tertiary/aromatic N) is 3. The fourth-order valence-electron chi connectivity index (χ4n) is 5.56. The Bertz CT molecular complexity index is 1410. The molecule has 2 N–H and O–H groups in total. The number of carbonyl (C=O) groups excluding carboxylic acids is 3. The summed E-state index contributed by atoms with van der Waals surface area (Å²) < 4.78 is 47.2. The number of nitrogens with one attached hydrogen (secondary N) is 2. The van der Waals surface area contributed by atoms with E-state index in [1.165, 1.54) is 19.1 Å². The summed E-state index contributed by atoms with van der Waals surface area (Å²) in [4.78, 5) is 38.0. The van der Waals surface area contributed by atoms with Crippen LogP contribution in [0.25, 0.3) is 0 Å². The van der Waals surface area contributed by atoms with Gasteiger partial charge in [0.25, 0.3) is 0 Å². The minimum atomic E-state index is -1.27. The monoisotopic (exact) mass is 605 g/mol. The highest BCUT2D eigenvalue weighted by molar-refractivity contribution is 5.95. The standard InChI is InChI=1S/C29H30F3N5O4.ClH/c1-18-25(27(39)41-2)26(19-7-8-23(31)24(32)15-19)37(28(40)35-18)36(17-38)14-13-34-20-9-11-29(16-33,12-10-20)21-5-3-4-6-22(21)30;/h3-8,15,17,20,26,34H,9-14H2,1-2H3,(H,35,40);1H/t20-,26?,29+;. The summed E-state index contributed by atoms with van der Waals surface area (Å²) >= 11 is 0. The zero-order valence-electron chi connectivity index (χ0n) is 23.0. The lowest BCUT2D eigenvalue weighted by Crippen LogP contribution is -2.57. The first-order valence-corrected chi connectivity index (χ1v) is 13.1. The Morgan fingerprint density at radius 1 is 1.19 bits per heavy atom. The Kier molecular flexibility index (Phi) is 10.6. The molecule has 2 aliphatic rings. The van der Waals surface area contributed by atoms with E-state index in [0.717, 1.165) is 29.3 Å². The molecule has 4 rings (SSSR count). The van der Waals surface area contributed by atoms with E-state index >= 15 is 0 Å². The smallest absolute Gasteiger partial charge is 0.341 e. The van der Waals surface area contributed by atoms with E-state index in [4.69, 9.17) is 4.74 Å². The second kappa shape index (κ2) is 13.7. The molecule has 0 aromatic heterocycles. The predicted octanol–water partition coefficient (Wildman–Crippen LogP) is 4.41. The number of rotatable bonds is 9. The van der Waals surface area contributed by atoms with Crippen molar-refractivity contribution in [3.05, 3.63) is 82.3 Å². The number of amides is 3. The number of urea groups is 1. The van der Waals surface area contributed by atoms with Gasteiger partial charge in [-0.25, -0.2) is 27.8 Å². The Morgan fingerprint density at radius 3 is 2.48 bits per heavy atom. The number of methoxy groups -OCH3 is 1. The van der Waals surface area contributed by atoms with Gasteiger partial charge in [0.2, 0.25) is 6.41 Å². The second-order valence-electron chi connectivity index (χ2n) is 10.1. The summed E-state index contributed by atoms with van der Waals surface area (Å²) in [5.41, 5.74) is -0.374. The van der Waals surface area contributed by atoms with Crippen molar-refractivity contribution in [2.75, 3.05) is 20.2 Å². The third kappa shape index (κ3) is 6.37. The Hall–Kier alpha value is -4.08. The molecule has 1 aliphatic carbocycles. The number of hydrogen-bond donors (Lipinski definition) is 2. The van der Waals surface area contributed by atoms with Crippen LogP contribution in [0.2, 0.25) is 0 Å². The van der Waals surface area contributed by atoms with Crippen LogP contribution in [0.5, 0.6) is 0 Å². The van der Waals surface area contributed by atoms with Crippen LogP contribution in [0.4, 0.5) is 18.0 Å². The SMILES string of the molecule is COC(=O)C1=C(C)NC(=O)N(N(C=O)CCN[C@H]2CC[C@@](C#N)(c3ccccc3F)CC2)C1c1ccc(F)c(F)c1.Cl. The number of ether oxygens (including phenoxy) is 1. The van der Waals surface area contributed by atoms with Crippen molar-refractivity contribution in [2.45, 2.75) is 50.1 Å². The molecule has 224 valence electrons. The third-order valence-corrected chi connectivity index (χ3v) is 7.70. The van der Waals surface area contributed by atoms with Crippen LogP contribution < -0.4 is 10.6 Å². The molecule has 42 heavy (non-hydrogen) atoms. The molecule has 1 atom stereocenters. The first-order valence-electron chi connectivity index (χ1n) is 13.1. The van der Waals surface area contributed by atoms with Crippen LogP contribution in [-0.4, -0.2) is 54.7 Å². The third-order valence-electron chi connectivity index (χ3n) is 7.70. The number of carbonyl (C=O) groups is 3. The first-order chi connectivity index (χ1) is 19.7. The van der Waals surface area contributed by atoms with Crippen LogP contribution in [0, 0.1) is 28.8 Å². The highest BCUT2D eigenvalue weighted by Crippen LogP contribution is 2.40. The molecule has 3 amide bonds. The fourth-order valence-corrected chi connectivity index (χ4v) is 5.56. The van der Waals surface area contributed by atoms with Crippen molar-refractivity contribution >= 4 is 30.8 Å². The van der Waals surface area contributed by atoms with Crippen LogP contribution in [0.15, 0.2) is 53.7 Å². The molecule has 1 aliphatic heterocycles. The van der Waals surface area contributed by atoms with Gasteiger partial charge in [-0.1, -0.05) is 24.3 Å². The van der Waals surface area contributed by atoms with Crippen LogP contribution >= 0.6 is 12.4 Å². The summed E-state index contributed by atoms with van der Waals surface area (Å²) in [5.74, 6) is -3.52. The lowest BCUT2D eigenvalue weighted by atomic mass is 9.69. The second-order valence-corrected chi connectivity index (χ2v) is 10.1. The van der Waals surface area contributed by atoms with Gasteiger partial charge in [-0.3, -0.25) is 9.80 Å². The number of esters is 1. The lowest BCUT2D eigenvalue weighted by Gasteiger charge is -2.42. The van der Waals surface area contributed by atoms with Gasteiger partial charge >= 0.3 is 12.0 Å². The normalized spacial score (nSPS) is 22.0. The summed E-state index contributed by atoms with van der Waals surface area (Å²) in [7, 11) is 1.14. The molecule has 1 heterocycles. The van der Waals surface area contributed by atoms with Gasteiger partial charge in [-0.05, 0) is 56.4 Å². The molecule has 0 bridgehead atoms. The van der Waals surface area contributed by atoms with Crippen molar-refractivity contribution in [3.8, 4) is 6.07 Å². The summed E-state index contributed by atoms with van der Waals surface area (Å²) in [5, 5.41) is 17.8. The summed E-state index contributed by atoms with van der Waals surface area (Å²) in [6.45, 7) is 1.68. The first kappa shape index (κ1) is 32.4. The Balaban J connectivity index is 0.00000484. The van der Waals surface area contributed by atoms with Crippen LogP contribution in [0.1, 0.15) is 49.8 Å². The number of allylic oxidation sites excluding steroid dienone is 1. The number of halogens is 4. The molecule has 2 aromatic rings. The molecular formula is C29H31ClF3N5O4. The predicted molar refractivity (Wildman–Crippen MR) is 148 cm³/mol. The maximum Gasteiger partial charge on any atom is 0.341 e. The van der Waals surface area contributed by atoms with E-state index in [1.807, 2.05) is 0 Å². The van der Waals surface area contributed by atoms with Crippen molar-refractivity contribution < 1.29 is 32.3 Å². The number of hydrogen-bond acceptors (Lipinski definition) is 6. The average molecular weight is 606 g/mol. The van der Waals surface area contributed by atoms with Crippen LogP contribution in [-0.2, 0) is 19.7 Å². The molecule has 0 radical (unpaired) electrons. The van der Waals surface area contributed by atoms with E-state index in [1.54, 1.807) is 18.2 Å². The van der Waals surface area contributed by atoms with Gasteiger partial charge in [0.05, 0.1) is 30.7 Å². The highest BCUT2D eigenvalue weighted by atomic mass is 35.5. The number of benzene rings is 2. The molecule has 0 saturated heterocycles. The average Bonchev–Trinajstić information content (AvgIpc) is 2.97. The zero-order valence-corrected chi connectivity index (χ0v) is 23.8. The van der Waals surface area contributed by atoms with Gasteiger partial charge in [0.15, 0.2) is 11.6 Å². The molecular weight excluding hydrogens is 575 g/mol. The molecule has 1 saturated carbocycles. The Labute approximate surface area is 247 Å². The topological polar surface area (TPSA) is 115 Å². The molecule has 1 unspecified atom stereocenters. The van der Waals surface area contributed by atoms with Gasteiger partial charge in [0, 0.05) is 23.8 Å². The molecule has 9 nitrogen and oxygen atoms in total. The summed E-state index contributed by atoms with van der Waals surface area (Å²) in [6.07, 6.45) is 2.46. The van der Waals surface area contributed by atoms with Crippen molar-refractivity contribution in [1.29, 1.82) is 5.26 Å². The van der Waals surface area contributed by atoms with Gasteiger partial charge in [-0.15, -0.1) is 12.4 Å². The number of nitriles is 1. The van der Waals surface area contributed by atoms with Crippen molar-refractivity contribution in [1.82, 2.24) is 20.7 Å². The molecule has 1 fully saturated rings. The van der Waals surface area contributed by atoms with E-state index in [0.29, 0.717) is 37.7 Å². The van der Waals surface area contributed by atoms with Crippen LogP contribution in [0.3, 0.4) is 0 Å². The summed E-state index contributed by atoms with van der Waals surface area (Å²) in [6, 6.07) is 9.50. The van der Waals surface area contributed by atoms with E-state index in [9.17, 15) is 32.8 Å². The highest BCUT2D eigenvalue weighted by Gasteiger charge is 2.42. The van der Waals surface area contributed by atoms with Gasteiger partial charge in [-0.2, -0.15) is 5.26 Å². The van der Waals surface area contributed by atoms with Crippen molar-refractivity contribution in [2.24, 2.45) is 0 Å². The maximum absolute atomic E-state index is 14.4. The molecule has 0 spiro atoms. The van der Waals surface area contributed by atoms with Crippen molar-refractivity contribution in [3.63, 3.8) is 0 Å². The molecule has 13 heteroatoms. The fraction of sp³-hybridized carbons (Fsp3) is 0.379. The zero-order chi connectivity index (χ0) is 29.7. The van der Waals surface area contributed by atoms with Gasteiger partial charge in [0.1, 0.15) is 11.9 Å². The molecule has 2 aromatic carbocycles. The van der Waals surface area contributed by atoms with E-state index in [2.05, 4.69) is 16.7 Å². The number of hydrazine groups is 1.